The first kappa shape index (κ1) is 61.3. The lowest BCUT2D eigenvalue weighted by Gasteiger charge is -2.44. The van der Waals surface area contributed by atoms with E-state index in [1.54, 1.807) is 36.4 Å². The number of aliphatic hydroxyl groups is 3. The summed E-state index contributed by atoms with van der Waals surface area (Å²) in [7, 11) is 3.70. The molecule has 13 atom stereocenters. The van der Waals surface area contributed by atoms with Gasteiger partial charge in [-0.3, -0.25) is 24.0 Å². The summed E-state index contributed by atoms with van der Waals surface area (Å²) < 4.78 is 17.7. The molecule has 420 valence electrons. The van der Waals surface area contributed by atoms with Crippen LogP contribution in [0.25, 0.3) is 0 Å². The maximum Gasteiger partial charge on any atom is 0.335 e. The molecule has 21 nitrogen and oxygen atoms in total. The van der Waals surface area contributed by atoms with E-state index < -0.39 is 84.6 Å². The largest absolute Gasteiger partial charge is 0.481 e. The van der Waals surface area contributed by atoms with Crippen LogP contribution in [0.5, 0.6) is 5.75 Å². The van der Waals surface area contributed by atoms with Crippen molar-refractivity contribution in [3.8, 4) is 5.75 Å². The van der Waals surface area contributed by atoms with Crippen LogP contribution >= 0.6 is 11.3 Å². The SMILES string of the molecule is CCO[C@H](C[C@H](C(C)C)N(C)C(=O)[C@@H](NC(=O)[C@H]1CCCC[N+]1(C)Cc1ccc(O[C@@H]2O[C@H](C(=O)O)[C@@H](O)[C@H](O)[C@H]2O)c(NC(=O)CCN)c1)[C@@H](C)CC)c1nc(C(=O)N[C@@H](Cc2ccccc2)C[C@H](C)C(=O)O)cs1. The van der Waals surface area contributed by atoms with E-state index in [0.29, 0.717) is 56.0 Å². The average molecular weight is 1080 g/mol. The maximum absolute atomic E-state index is 14.9. The van der Waals surface area contributed by atoms with Gasteiger partial charge in [0.2, 0.25) is 18.1 Å². The first-order chi connectivity index (χ1) is 36.0. The summed E-state index contributed by atoms with van der Waals surface area (Å²) in [6, 6.07) is 12.1. The predicted molar refractivity (Wildman–Crippen MR) is 283 cm³/mol. The van der Waals surface area contributed by atoms with Crippen LogP contribution in [0.15, 0.2) is 53.9 Å². The zero-order valence-electron chi connectivity index (χ0n) is 44.9. The molecule has 3 aromatic rings. The number of quaternary nitrogens is 1. The molecule has 0 bridgehead atoms. The number of carboxylic acid groups (broad SMARTS) is 2. The Morgan fingerprint density at radius 3 is 2.28 bits per heavy atom. The van der Waals surface area contributed by atoms with Gasteiger partial charge in [-0.25, -0.2) is 9.78 Å². The minimum atomic E-state index is -1.93. The van der Waals surface area contributed by atoms with Crippen molar-refractivity contribution in [3.05, 3.63) is 75.7 Å². The summed E-state index contributed by atoms with van der Waals surface area (Å²) in [4.78, 5) is 86.2. The lowest BCUT2D eigenvalue weighted by atomic mass is 9.92. The van der Waals surface area contributed by atoms with Crippen LogP contribution in [-0.2, 0) is 46.4 Å². The summed E-state index contributed by atoms with van der Waals surface area (Å²) in [6.45, 7) is 12.7. The quantitative estimate of drug-likeness (QED) is 0.0490. The number of rotatable bonds is 27. The molecule has 0 radical (unpaired) electrons. The number of nitrogens with two attached hydrogens (primary N) is 1. The molecular formula is C54H80N7O14S+. The minimum Gasteiger partial charge on any atom is -0.481 e. The zero-order valence-corrected chi connectivity index (χ0v) is 45.7. The average Bonchev–Trinajstić information content (AvgIpc) is 3.88. The normalized spacial score (nSPS) is 24.0. The van der Waals surface area contributed by atoms with E-state index in [4.69, 9.17) is 24.9 Å². The predicted octanol–water partition coefficient (Wildman–Crippen LogP) is 3.83. The van der Waals surface area contributed by atoms with E-state index in [-0.39, 0.29) is 70.7 Å². The first-order valence-electron chi connectivity index (χ1n) is 26.3. The Morgan fingerprint density at radius 2 is 1.64 bits per heavy atom. The lowest BCUT2D eigenvalue weighted by molar-refractivity contribution is -0.942. The Kier molecular flexibility index (Phi) is 22.7. The fourth-order valence-electron chi connectivity index (χ4n) is 10.1. The fraction of sp³-hybridized carbons (Fsp3) is 0.611. The number of hydrogen-bond donors (Lipinski definition) is 9. The first-order valence-corrected chi connectivity index (χ1v) is 27.2. The Bertz CT molecular complexity index is 2430. The third kappa shape index (κ3) is 16.0. The summed E-state index contributed by atoms with van der Waals surface area (Å²) in [6.07, 6.45) is -6.27. The number of carbonyl (C=O) groups excluding carboxylic acids is 4. The molecular weight excluding hydrogens is 1000 g/mol. The lowest BCUT2D eigenvalue weighted by Crippen LogP contribution is -2.63. The van der Waals surface area contributed by atoms with Gasteiger partial charge < -0.3 is 70.8 Å². The number of anilines is 1. The number of aliphatic hydroxyl groups excluding tert-OH is 3. The number of likely N-dealkylation sites (N-methyl/N-ethyl adjacent to an activating group) is 2. The fourth-order valence-corrected chi connectivity index (χ4v) is 10.9. The second-order valence-electron chi connectivity index (χ2n) is 20.9. The smallest absolute Gasteiger partial charge is 0.335 e. The second kappa shape index (κ2) is 28.2. The highest BCUT2D eigenvalue weighted by atomic mass is 32.1. The summed E-state index contributed by atoms with van der Waals surface area (Å²) in [5.74, 6) is -5.02. The summed E-state index contributed by atoms with van der Waals surface area (Å²) >= 11 is 1.27. The number of nitrogens with one attached hydrogen (secondary N) is 3. The highest BCUT2D eigenvalue weighted by Crippen LogP contribution is 2.35. The van der Waals surface area contributed by atoms with E-state index in [1.165, 1.54) is 17.4 Å². The van der Waals surface area contributed by atoms with Crippen LogP contribution in [0.4, 0.5) is 5.69 Å². The monoisotopic (exact) mass is 1080 g/mol. The van der Waals surface area contributed by atoms with Crippen LogP contribution < -0.4 is 26.4 Å². The van der Waals surface area contributed by atoms with Crippen LogP contribution in [0.1, 0.15) is 119 Å². The molecule has 10 N–H and O–H groups in total. The molecule has 5 rings (SSSR count). The molecule has 3 heterocycles. The molecule has 22 heteroatoms. The number of nitrogens with zero attached hydrogens (tertiary/aromatic N) is 3. The molecule has 2 saturated heterocycles. The van der Waals surface area contributed by atoms with Crippen molar-refractivity contribution in [2.75, 3.05) is 39.1 Å². The number of carbonyl (C=O) groups is 6. The Balaban J connectivity index is 1.33. The number of aromatic nitrogens is 1. The van der Waals surface area contributed by atoms with Crippen molar-refractivity contribution in [1.29, 1.82) is 0 Å². The van der Waals surface area contributed by atoms with E-state index in [2.05, 4.69) is 16.0 Å². The molecule has 1 aromatic heterocycles. The molecule has 1 unspecified atom stereocenters. The summed E-state index contributed by atoms with van der Waals surface area (Å²) in [5, 5.41) is 61.7. The van der Waals surface area contributed by atoms with Gasteiger partial charge in [-0.05, 0) is 68.2 Å². The van der Waals surface area contributed by atoms with Gasteiger partial charge in [-0.15, -0.1) is 11.3 Å². The standard InChI is InChI=1S/C54H79N7O14S/c1-9-31(5)43(51(68)60(7)38(30(3)4)27-41(73-10-2)50-58-37(29-76-50)48(66)56-35(24-32(6)52(69)70)25-33-16-12-11-13-17-33)59-49(67)39-18-14-15-23-61(39,8)28-34-19-20-40(36(26-34)57-42(62)21-22-55)74-54-46(65)44(63)45(64)47(75-54)53(71)72/h11-13,16-17,19-20,26,29-32,35,38-39,41,43-47,54,63-65H,9-10,14-15,18,21-25,27-28,55H2,1-8H3,(H4-,56,57,59,62,66,67,69,70,71,72)/p+1/t31-,32-,35+,38+,39+,41+,43-,44-,45-,46+,47-,54+,61?/m0/s1. The zero-order chi connectivity index (χ0) is 56.0. The van der Waals surface area contributed by atoms with E-state index >= 15 is 0 Å². The number of benzene rings is 2. The number of thiazole rings is 1. The number of likely N-dealkylation sites (tertiary alicyclic amines) is 1. The molecule has 2 fully saturated rings. The van der Waals surface area contributed by atoms with Gasteiger partial charge >= 0.3 is 11.9 Å². The van der Waals surface area contributed by atoms with Crippen molar-refractivity contribution in [2.24, 2.45) is 23.5 Å². The summed E-state index contributed by atoms with van der Waals surface area (Å²) in [5.41, 5.74) is 7.61. The van der Waals surface area contributed by atoms with Crippen molar-refractivity contribution in [3.63, 3.8) is 0 Å². The van der Waals surface area contributed by atoms with Gasteiger partial charge in [0, 0.05) is 62.5 Å². The van der Waals surface area contributed by atoms with Gasteiger partial charge in [0.15, 0.2) is 12.1 Å². The molecule has 76 heavy (non-hydrogen) atoms. The molecule has 0 spiro atoms. The van der Waals surface area contributed by atoms with Crippen molar-refractivity contribution in [1.82, 2.24) is 20.5 Å². The van der Waals surface area contributed by atoms with Gasteiger partial charge in [-0.1, -0.05) is 71.4 Å². The third-order valence-corrected chi connectivity index (χ3v) is 15.6. The van der Waals surface area contributed by atoms with E-state index in [9.17, 15) is 54.3 Å². The number of hydrogen-bond acceptors (Lipinski definition) is 15. The second-order valence-corrected chi connectivity index (χ2v) is 21.8. The van der Waals surface area contributed by atoms with E-state index in [0.717, 1.165) is 18.4 Å². The molecule has 0 saturated carbocycles. The highest BCUT2D eigenvalue weighted by molar-refractivity contribution is 7.09. The molecule has 2 aliphatic heterocycles. The number of amides is 4. The minimum absolute atomic E-state index is 0.0270. The van der Waals surface area contributed by atoms with E-state index in [1.807, 2.05) is 72.0 Å². The maximum atomic E-state index is 14.9. The molecule has 4 amide bonds. The van der Waals surface area contributed by atoms with Crippen molar-refractivity contribution >= 4 is 52.6 Å². The molecule has 0 aliphatic carbocycles. The Labute approximate surface area is 449 Å². The van der Waals surface area contributed by atoms with Gasteiger partial charge in [0.1, 0.15) is 53.5 Å². The highest BCUT2D eigenvalue weighted by Gasteiger charge is 2.49. The number of carboxylic acids is 2. The topological polar surface area (TPSA) is 310 Å². The number of aliphatic carboxylic acids is 2. The number of ether oxygens (including phenoxy) is 3. The molecule has 2 aliphatic rings. The van der Waals surface area contributed by atoms with Crippen LogP contribution in [0.2, 0.25) is 0 Å². The van der Waals surface area contributed by atoms with Crippen LogP contribution in [0.3, 0.4) is 0 Å². The number of piperidine rings is 1. The van der Waals surface area contributed by atoms with Gasteiger partial charge in [-0.2, -0.15) is 0 Å². The van der Waals surface area contributed by atoms with Gasteiger partial charge in [0.05, 0.1) is 25.2 Å². The van der Waals surface area contributed by atoms with Crippen LogP contribution in [0, 0.1) is 17.8 Å². The third-order valence-electron chi connectivity index (χ3n) is 14.7. The van der Waals surface area contributed by atoms with Crippen molar-refractivity contribution < 1.29 is 73.0 Å². The molecule has 2 aromatic carbocycles. The van der Waals surface area contributed by atoms with Crippen molar-refractivity contribution in [2.45, 2.75) is 160 Å². The van der Waals surface area contributed by atoms with Crippen LogP contribution in [-0.4, -0.2) is 164 Å². The Morgan fingerprint density at radius 1 is 0.934 bits per heavy atom. The van der Waals surface area contributed by atoms with Gasteiger partial charge in [0.25, 0.3) is 11.8 Å². The Hall–Kier alpha value is -5.59.